The van der Waals surface area contributed by atoms with Gasteiger partial charge >= 0.3 is 0 Å². The smallest absolute Gasteiger partial charge is 0.268 e. The molecule has 3 heterocycles. The lowest BCUT2D eigenvalue weighted by molar-refractivity contribution is 0.0626. The topological polar surface area (TPSA) is 91.5 Å². The van der Waals surface area contributed by atoms with Crippen molar-refractivity contribution in [3.8, 4) is 5.75 Å². The summed E-state index contributed by atoms with van der Waals surface area (Å²) < 4.78 is 7.08. The lowest BCUT2D eigenvalue weighted by Crippen LogP contribution is -2.36. The molecule has 4 rings (SSSR count). The normalized spacial score (nSPS) is 17.2. The second kappa shape index (κ2) is 5.87. The number of imidazole rings is 1. The Morgan fingerprint density at radius 1 is 1.44 bits per heavy atom. The third-order valence-electron chi connectivity index (χ3n) is 3.85. The highest BCUT2D eigenvalue weighted by Gasteiger charge is 2.18. The van der Waals surface area contributed by atoms with Crippen molar-refractivity contribution in [2.75, 3.05) is 14.2 Å². The summed E-state index contributed by atoms with van der Waals surface area (Å²) in [6, 6.07) is 5.63. The monoisotopic (exact) mass is 357 g/mol. The molecular formula is C16H15N5O3S. The lowest BCUT2D eigenvalue weighted by Gasteiger charge is -2.22. The van der Waals surface area contributed by atoms with Gasteiger partial charge in [-0.2, -0.15) is 5.10 Å². The molecule has 25 heavy (non-hydrogen) atoms. The predicted octanol–water partition coefficient (Wildman–Crippen LogP) is 1.42. The van der Waals surface area contributed by atoms with E-state index in [0.29, 0.717) is 10.7 Å². The van der Waals surface area contributed by atoms with E-state index in [4.69, 9.17) is 4.74 Å². The van der Waals surface area contributed by atoms with Gasteiger partial charge in [0.25, 0.3) is 5.91 Å². The number of nitrogens with zero attached hydrogens (tertiary/aromatic N) is 4. The summed E-state index contributed by atoms with van der Waals surface area (Å²) >= 11 is 1.29. The third kappa shape index (κ3) is 2.73. The van der Waals surface area contributed by atoms with Gasteiger partial charge < -0.3 is 15.2 Å². The number of fused-ring (bicyclic) bond motifs is 3. The van der Waals surface area contributed by atoms with Gasteiger partial charge in [-0.25, -0.2) is 4.98 Å². The summed E-state index contributed by atoms with van der Waals surface area (Å²) in [6.45, 7) is 0. The Balaban J connectivity index is 1.62. The van der Waals surface area contributed by atoms with Crippen molar-refractivity contribution in [3.05, 3.63) is 41.4 Å². The highest BCUT2D eigenvalue weighted by atomic mass is 32.1. The number of benzene rings is 1. The molecule has 0 saturated carbocycles. The Morgan fingerprint density at radius 2 is 2.28 bits per heavy atom. The van der Waals surface area contributed by atoms with Crippen LogP contribution in [-0.4, -0.2) is 51.6 Å². The number of rotatable bonds is 2. The summed E-state index contributed by atoms with van der Waals surface area (Å²) in [5.41, 5.74) is 1.72. The number of carbonyl (C=O) groups is 1. The molecule has 3 aromatic rings. The molecule has 9 heteroatoms. The van der Waals surface area contributed by atoms with Crippen LogP contribution >= 0.6 is 11.3 Å². The van der Waals surface area contributed by atoms with Gasteiger partial charge in [0, 0.05) is 19.3 Å². The second-order valence-electron chi connectivity index (χ2n) is 5.50. The number of hydrazone groups is 1. The van der Waals surface area contributed by atoms with E-state index in [1.54, 1.807) is 32.5 Å². The van der Waals surface area contributed by atoms with Gasteiger partial charge in [0.2, 0.25) is 0 Å². The molecule has 2 N–H and O–H groups in total. The number of carbonyl (C=O) groups excluding carboxylic acids is 1. The summed E-state index contributed by atoms with van der Waals surface area (Å²) in [4.78, 5) is 18.2. The van der Waals surface area contributed by atoms with Crippen molar-refractivity contribution >= 4 is 39.1 Å². The lowest BCUT2D eigenvalue weighted by atomic mass is 10.3. The number of aliphatic hydroxyl groups excluding tert-OH is 1. The molecule has 0 bridgehead atoms. The third-order valence-corrected chi connectivity index (χ3v) is 4.83. The number of aromatic nitrogens is 2. The van der Waals surface area contributed by atoms with Crippen molar-refractivity contribution in [2.24, 2.45) is 5.10 Å². The zero-order valence-electron chi connectivity index (χ0n) is 13.5. The second-order valence-corrected chi connectivity index (χ2v) is 6.51. The first-order chi connectivity index (χ1) is 12.0. The maximum atomic E-state index is 12.4. The van der Waals surface area contributed by atoms with Gasteiger partial charge in [-0.05, 0) is 24.3 Å². The Hall–Kier alpha value is -2.91. The fraction of sp³-hybridized carbons (Fsp3) is 0.188. The van der Waals surface area contributed by atoms with Crippen LogP contribution in [0.5, 0.6) is 5.75 Å². The Kier molecular flexibility index (Phi) is 3.66. The minimum atomic E-state index is -0.783. The van der Waals surface area contributed by atoms with Crippen LogP contribution < -0.4 is 10.1 Å². The van der Waals surface area contributed by atoms with Gasteiger partial charge in [0.1, 0.15) is 10.6 Å². The molecule has 0 spiro atoms. The fourth-order valence-electron chi connectivity index (χ4n) is 2.54. The van der Waals surface area contributed by atoms with Gasteiger partial charge in [0.05, 0.1) is 18.1 Å². The first kappa shape index (κ1) is 15.6. The van der Waals surface area contributed by atoms with E-state index in [9.17, 15) is 9.90 Å². The minimum Gasteiger partial charge on any atom is -0.497 e. The van der Waals surface area contributed by atoms with Gasteiger partial charge in [0.15, 0.2) is 17.0 Å². The van der Waals surface area contributed by atoms with E-state index < -0.39 is 6.23 Å². The van der Waals surface area contributed by atoms with Crippen LogP contribution in [-0.2, 0) is 0 Å². The highest BCUT2D eigenvalue weighted by Crippen LogP contribution is 2.26. The minimum absolute atomic E-state index is 0.273. The van der Waals surface area contributed by atoms with Gasteiger partial charge in [-0.1, -0.05) is 11.3 Å². The average Bonchev–Trinajstić information content (AvgIpc) is 3.15. The Labute approximate surface area is 146 Å². The predicted molar refractivity (Wildman–Crippen MR) is 94.9 cm³/mol. The number of aliphatic hydroxyl groups is 1. The number of hydrogen-bond acceptors (Lipinski definition) is 7. The molecular weight excluding hydrogens is 342 g/mol. The number of amidine groups is 1. The SMILES string of the molecule is COc1ccc2c(c1)nc1sc(C(=O)NC3=NN(C)C(O)C=C3)cn12. The standard InChI is InChI=1S/C16H15N5O3S/c1-20-14(22)6-5-13(19-20)18-15(23)12-8-21-11-4-3-9(24-2)7-10(11)17-16(21)25-12/h3-8,14,22H,1-2H3,(H,18,19,23). The Morgan fingerprint density at radius 3 is 3.04 bits per heavy atom. The van der Waals surface area contributed by atoms with Crippen LogP contribution in [0.3, 0.4) is 0 Å². The molecule has 1 aliphatic rings. The van der Waals surface area contributed by atoms with Crippen LogP contribution in [0.15, 0.2) is 41.6 Å². The van der Waals surface area contributed by atoms with Crippen molar-refractivity contribution in [1.29, 1.82) is 0 Å². The number of likely N-dealkylation sites (N-methyl/N-ethyl adjacent to an activating group) is 1. The zero-order chi connectivity index (χ0) is 17.6. The summed E-state index contributed by atoms with van der Waals surface area (Å²) in [6.07, 6.45) is 4.09. The maximum absolute atomic E-state index is 12.4. The van der Waals surface area contributed by atoms with E-state index >= 15 is 0 Å². The van der Waals surface area contributed by atoms with E-state index in [1.165, 1.54) is 16.3 Å². The Bertz CT molecular complexity index is 1040. The highest BCUT2D eigenvalue weighted by molar-refractivity contribution is 7.19. The quantitative estimate of drug-likeness (QED) is 0.724. The van der Waals surface area contributed by atoms with Crippen LogP contribution in [0.4, 0.5) is 0 Å². The summed E-state index contributed by atoms with van der Waals surface area (Å²) in [5, 5.41) is 17.7. The molecule has 0 fully saturated rings. The summed E-state index contributed by atoms with van der Waals surface area (Å²) in [5.74, 6) is 0.841. The first-order valence-corrected chi connectivity index (χ1v) is 8.31. The van der Waals surface area contributed by atoms with Crippen LogP contribution in [0.25, 0.3) is 16.0 Å². The fourth-order valence-corrected chi connectivity index (χ4v) is 3.43. The van der Waals surface area contributed by atoms with Crippen molar-refractivity contribution in [1.82, 2.24) is 19.7 Å². The van der Waals surface area contributed by atoms with E-state index in [0.717, 1.165) is 21.7 Å². The number of methoxy groups -OCH3 is 1. The molecule has 0 radical (unpaired) electrons. The van der Waals surface area contributed by atoms with Gasteiger partial charge in [-0.3, -0.25) is 14.2 Å². The van der Waals surface area contributed by atoms with Crippen molar-refractivity contribution in [2.45, 2.75) is 6.23 Å². The van der Waals surface area contributed by atoms with Crippen molar-refractivity contribution in [3.63, 3.8) is 0 Å². The number of ether oxygens (including phenoxy) is 1. The molecule has 1 aliphatic heterocycles. The van der Waals surface area contributed by atoms with Crippen LogP contribution in [0.1, 0.15) is 9.67 Å². The molecule has 128 valence electrons. The number of thiazole rings is 1. The molecule has 1 aromatic carbocycles. The molecule has 1 amide bonds. The van der Waals surface area contributed by atoms with Crippen molar-refractivity contribution < 1.29 is 14.6 Å². The molecule has 0 saturated heterocycles. The van der Waals surface area contributed by atoms with E-state index in [-0.39, 0.29) is 5.91 Å². The zero-order valence-corrected chi connectivity index (χ0v) is 14.3. The molecule has 2 aromatic heterocycles. The summed E-state index contributed by atoms with van der Waals surface area (Å²) in [7, 11) is 3.24. The molecule has 1 unspecified atom stereocenters. The number of amides is 1. The molecule has 8 nitrogen and oxygen atoms in total. The van der Waals surface area contributed by atoms with Gasteiger partial charge in [-0.15, -0.1) is 0 Å². The number of hydrogen-bond donors (Lipinski definition) is 2. The molecule has 1 atom stereocenters. The van der Waals surface area contributed by atoms with Crippen LogP contribution in [0, 0.1) is 0 Å². The van der Waals surface area contributed by atoms with E-state index in [1.807, 2.05) is 22.6 Å². The first-order valence-electron chi connectivity index (χ1n) is 7.50. The number of nitrogens with one attached hydrogen (secondary N) is 1. The molecule has 0 aliphatic carbocycles. The van der Waals surface area contributed by atoms with Crippen LogP contribution in [0.2, 0.25) is 0 Å². The maximum Gasteiger partial charge on any atom is 0.268 e. The largest absolute Gasteiger partial charge is 0.497 e. The average molecular weight is 357 g/mol. The van der Waals surface area contributed by atoms with E-state index in [2.05, 4.69) is 15.4 Å².